The summed E-state index contributed by atoms with van der Waals surface area (Å²) in [5.41, 5.74) is 0.856. The van der Waals surface area contributed by atoms with Gasteiger partial charge in [0.05, 0.1) is 13.0 Å². The molecule has 0 spiro atoms. The molecule has 0 saturated carbocycles. The summed E-state index contributed by atoms with van der Waals surface area (Å²) in [6.07, 6.45) is -2.79. The smallest absolute Gasteiger partial charge is 0.319 e. The van der Waals surface area contributed by atoms with Crippen LogP contribution in [-0.4, -0.2) is 30.1 Å². The Hall–Kier alpha value is -2.18. The van der Waals surface area contributed by atoms with Crippen LogP contribution in [0.2, 0.25) is 0 Å². The Kier molecular flexibility index (Phi) is 5.04. The second-order valence-corrected chi connectivity index (χ2v) is 3.50. The number of halogens is 2. The number of aliphatic carboxylic acids is 1. The van der Waals surface area contributed by atoms with Crippen molar-refractivity contribution >= 4 is 17.7 Å². The number of carbonyl (C=O) groups is 2. The van der Waals surface area contributed by atoms with E-state index in [1.165, 1.54) is 12.1 Å². The van der Waals surface area contributed by atoms with E-state index in [4.69, 9.17) is 5.11 Å². The number of amides is 2. The quantitative estimate of drug-likeness (QED) is 0.752. The second kappa shape index (κ2) is 6.53. The van der Waals surface area contributed by atoms with Crippen LogP contribution >= 0.6 is 0 Å². The van der Waals surface area contributed by atoms with Gasteiger partial charge in [0.15, 0.2) is 0 Å². The van der Waals surface area contributed by atoms with Gasteiger partial charge in [0, 0.05) is 5.69 Å². The average Bonchev–Trinajstić information content (AvgIpc) is 2.26. The topological polar surface area (TPSA) is 78.4 Å². The normalized spacial score (nSPS) is 10.2. The molecule has 5 nitrogen and oxygen atoms in total. The van der Waals surface area contributed by atoms with Crippen LogP contribution in [0.1, 0.15) is 5.56 Å². The molecule has 0 aliphatic heterocycles. The van der Waals surface area contributed by atoms with Gasteiger partial charge in [-0.3, -0.25) is 4.79 Å². The van der Waals surface area contributed by atoms with Crippen LogP contribution in [0.5, 0.6) is 0 Å². The monoisotopic (exact) mass is 258 g/mol. The summed E-state index contributed by atoms with van der Waals surface area (Å²) in [7, 11) is 0. The third-order valence-corrected chi connectivity index (χ3v) is 1.96. The Bertz CT molecular complexity index is 438. The minimum atomic E-state index is -2.62. The number of urea groups is 1. The predicted octanol–water partition coefficient (Wildman–Crippen LogP) is 1.70. The number of hydrogen-bond donors (Lipinski definition) is 3. The molecule has 0 saturated heterocycles. The first-order valence-electron chi connectivity index (χ1n) is 5.11. The van der Waals surface area contributed by atoms with E-state index in [1.54, 1.807) is 12.1 Å². The van der Waals surface area contributed by atoms with Gasteiger partial charge in [-0.15, -0.1) is 0 Å². The maximum absolute atomic E-state index is 11.8. The minimum absolute atomic E-state index is 0.172. The molecule has 1 aromatic rings. The number of benzene rings is 1. The Morgan fingerprint density at radius 2 is 2.06 bits per heavy atom. The maximum atomic E-state index is 11.8. The second-order valence-electron chi connectivity index (χ2n) is 3.50. The highest BCUT2D eigenvalue weighted by atomic mass is 19.3. The number of alkyl halides is 2. The molecule has 98 valence electrons. The van der Waals surface area contributed by atoms with Crippen LogP contribution in [-0.2, 0) is 11.2 Å². The third kappa shape index (κ3) is 5.24. The summed E-state index contributed by atoms with van der Waals surface area (Å²) in [4.78, 5) is 21.7. The molecule has 18 heavy (non-hydrogen) atoms. The zero-order chi connectivity index (χ0) is 13.5. The number of anilines is 1. The van der Waals surface area contributed by atoms with Crippen molar-refractivity contribution < 1.29 is 23.5 Å². The standard InChI is InChI=1S/C11H12F2N2O3/c12-9(13)6-14-11(18)15-8-3-1-2-7(4-8)5-10(16)17/h1-4,9H,5-6H2,(H,16,17)(H2,14,15,18). The lowest BCUT2D eigenvalue weighted by Gasteiger charge is -2.08. The van der Waals surface area contributed by atoms with Crippen molar-refractivity contribution in [2.24, 2.45) is 0 Å². The molecule has 7 heteroatoms. The van der Waals surface area contributed by atoms with Gasteiger partial charge in [0.1, 0.15) is 0 Å². The number of carboxylic acid groups (broad SMARTS) is 1. The van der Waals surface area contributed by atoms with E-state index in [2.05, 4.69) is 5.32 Å². The summed E-state index contributed by atoms with van der Waals surface area (Å²) in [6, 6.07) is 5.41. The molecule has 2 amide bonds. The fourth-order valence-corrected chi connectivity index (χ4v) is 1.28. The van der Waals surface area contributed by atoms with Gasteiger partial charge in [0.2, 0.25) is 0 Å². The van der Waals surface area contributed by atoms with E-state index >= 15 is 0 Å². The highest BCUT2D eigenvalue weighted by molar-refractivity contribution is 5.89. The zero-order valence-corrected chi connectivity index (χ0v) is 9.32. The Labute approximate surface area is 102 Å². The average molecular weight is 258 g/mol. The lowest BCUT2D eigenvalue weighted by atomic mass is 10.1. The lowest BCUT2D eigenvalue weighted by molar-refractivity contribution is -0.136. The van der Waals surface area contributed by atoms with Crippen LogP contribution in [0.3, 0.4) is 0 Å². The molecule has 0 radical (unpaired) electrons. The minimum Gasteiger partial charge on any atom is -0.481 e. The van der Waals surface area contributed by atoms with Crippen molar-refractivity contribution in [2.45, 2.75) is 12.8 Å². The Morgan fingerprint density at radius 1 is 1.33 bits per heavy atom. The van der Waals surface area contributed by atoms with Gasteiger partial charge < -0.3 is 15.7 Å². The van der Waals surface area contributed by atoms with E-state index in [-0.39, 0.29) is 6.42 Å². The van der Waals surface area contributed by atoms with Crippen LogP contribution in [0.25, 0.3) is 0 Å². The first-order chi connectivity index (χ1) is 8.47. The molecule has 0 bridgehead atoms. The molecule has 1 aromatic carbocycles. The van der Waals surface area contributed by atoms with Crippen molar-refractivity contribution in [3.8, 4) is 0 Å². The van der Waals surface area contributed by atoms with Gasteiger partial charge in [-0.05, 0) is 17.7 Å². The molecule has 0 heterocycles. The van der Waals surface area contributed by atoms with E-state index in [0.29, 0.717) is 11.3 Å². The molecule has 0 aliphatic rings. The first-order valence-corrected chi connectivity index (χ1v) is 5.11. The number of carboxylic acids is 1. The van der Waals surface area contributed by atoms with Crippen molar-refractivity contribution in [1.29, 1.82) is 0 Å². The lowest BCUT2D eigenvalue weighted by Crippen LogP contribution is -2.32. The van der Waals surface area contributed by atoms with Gasteiger partial charge in [-0.1, -0.05) is 12.1 Å². The number of carbonyl (C=O) groups excluding carboxylic acids is 1. The molecule has 1 rings (SSSR count). The molecule has 0 fully saturated rings. The van der Waals surface area contributed by atoms with Crippen LogP contribution in [0, 0.1) is 0 Å². The van der Waals surface area contributed by atoms with E-state index in [9.17, 15) is 18.4 Å². The largest absolute Gasteiger partial charge is 0.481 e. The zero-order valence-electron chi connectivity index (χ0n) is 9.32. The first kappa shape index (κ1) is 13.9. The highest BCUT2D eigenvalue weighted by Crippen LogP contribution is 2.11. The molecule has 0 aromatic heterocycles. The fraction of sp³-hybridized carbons (Fsp3) is 0.273. The van der Waals surface area contributed by atoms with Crippen molar-refractivity contribution in [3.63, 3.8) is 0 Å². The van der Waals surface area contributed by atoms with Gasteiger partial charge in [-0.2, -0.15) is 0 Å². The highest BCUT2D eigenvalue weighted by Gasteiger charge is 2.07. The van der Waals surface area contributed by atoms with Crippen molar-refractivity contribution in [3.05, 3.63) is 29.8 Å². The van der Waals surface area contributed by atoms with Gasteiger partial charge in [-0.25, -0.2) is 13.6 Å². The van der Waals surface area contributed by atoms with Crippen molar-refractivity contribution in [1.82, 2.24) is 5.32 Å². The molecule has 0 atom stereocenters. The van der Waals surface area contributed by atoms with Crippen LogP contribution < -0.4 is 10.6 Å². The predicted molar refractivity (Wildman–Crippen MR) is 60.8 cm³/mol. The summed E-state index contributed by atoms with van der Waals surface area (Å²) in [5, 5.41) is 12.9. The van der Waals surface area contributed by atoms with Crippen molar-refractivity contribution in [2.75, 3.05) is 11.9 Å². The summed E-state index contributed by atoms with van der Waals surface area (Å²) < 4.78 is 23.7. The number of rotatable bonds is 5. The fourth-order valence-electron chi connectivity index (χ4n) is 1.28. The Morgan fingerprint density at radius 3 is 2.67 bits per heavy atom. The summed E-state index contributed by atoms with van der Waals surface area (Å²) in [5.74, 6) is -0.991. The van der Waals surface area contributed by atoms with Crippen LogP contribution in [0.4, 0.5) is 19.3 Å². The van der Waals surface area contributed by atoms with E-state index in [0.717, 1.165) is 0 Å². The molecular weight excluding hydrogens is 246 g/mol. The molecule has 0 aliphatic carbocycles. The van der Waals surface area contributed by atoms with Crippen LogP contribution in [0.15, 0.2) is 24.3 Å². The summed E-state index contributed by atoms with van der Waals surface area (Å²) >= 11 is 0. The van der Waals surface area contributed by atoms with Gasteiger partial charge >= 0.3 is 12.0 Å². The van der Waals surface area contributed by atoms with E-state index in [1.807, 2.05) is 5.32 Å². The molecule has 3 N–H and O–H groups in total. The number of nitrogens with one attached hydrogen (secondary N) is 2. The maximum Gasteiger partial charge on any atom is 0.319 e. The number of hydrogen-bond acceptors (Lipinski definition) is 2. The SMILES string of the molecule is O=C(O)Cc1cccc(NC(=O)NCC(F)F)c1. The third-order valence-electron chi connectivity index (χ3n) is 1.96. The van der Waals surface area contributed by atoms with Gasteiger partial charge in [0.25, 0.3) is 6.43 Å². The Balaban J connectivity index is 2.56. The molecule has 0 unspecified atom stereocenters. The summed E-state index contributed by atoms with van der Waals surface area (Å²) in [6.45, 7) is -0.735. The van der Waals surface area contributed by atoms with E-state index < -0.39 is 25.0 Å². The molecular formula is C11H12F2N2O3.